The molecule has 0 bridgehead atoms. The lowest BCUT2D eigenvalue weighted by molar-refractivity contribution is 0.0934. The van der Waals surface area contributed by atoms with Crippen molar-refractivity contribution in [3.05, 3.63) is 52.7 Å². The summed E-state index contributed by atoms with van der Waals surface area (Å²) in [6.07, 6.45) is 1.63. The van der Waals surface area contributed by atoms with Crippen LogP contribution in [0.3, 0.4) is 0 Å². The molecule has 0 radical (unpaired) electrons. The van der Waals surface area contributed by atoms with Crippen molar-refractivity contribution in [2.24, 2.45) is 0 Å². The highest BCUT2D eigenvalue weighted by Gasteiger charge is 2.18. The topological polar surface area (TPSA) is 58.4 Å². The summed E-state index contributed by atoms with van der Waals surface area (Å²) in [5.41, 5.74) is 0.385. The van der Waals surface area contributed by atoms with Gasteiger partial charge in [-0.2, -0.15) is 0 Å². The quantitative estimate of drug-likeness (QED) is 0.851. The van der Waals surface area contributed by atoms with Crippen LogP contribution in [-0.4, -0.2) is 36.4 Å². The molecule has 0 aliphatic carbocycles. The number of aromatic nitrogens is 1. The molecular formula is C14H16BrN3O2. The zero-order chi connectivity index (χ0) is 14.5. The van der Waals surface area contributed by atoms with Crippen LogP contribution in [0.5, 0.6) is 0 Å². The van der Waals surface area contributed by atoms with Gasteiger partial charge in [0.1, 0.15) is 16.1 Å². The summed E-state index contributed by atoms with van der Waals surface area (Å²) in [6.45, 7) is 0.452. The van der Waals surface area contributed by atoms with Gasteiger partial charge in [0.05, 0.1) is 12.3 Å². The Morgan fingerprint density at radius 2 is 2.20 bits per heavy atom. The first-order valence-corrected chi connectivity index (χ1v) is 6.98. The fourth-order valence-electron chi connectivity index (χ4n) is 1.83. The Bertz CT molecular complexity index is 570. The van der Waals surface area contributed by atoms with Gasteiger partial charge in [-0.1, -0.05) is 6.07 Å². The molecule has 106 valence electrons. The van der Waals surface area contributed by atoms with Crippen LogP contribution in [0.4, 0.5) is 0 Å². The molecular weight excluding hydrogens is 322 g/mol. The van der Waals surface area contributed by atoms with Gasteiger partial charge in [-0.05, 0) is 54.3 Å². The molecule has 1 atom stereocenters. The number of halogens is 1. The smallest absolute Gasteiger partial charge is 0.269 e. The van der Waals surface area contributed by atoms with Gasteiger partial charge in [-0.15, -0.1) is 0 Å². The number of carbonyl (C=O) groups is 1. The minimum Gasteiger partial charge on any atom is -0.468 e. The van der Waals surface area contributed by atoms with Crippen LogP contribution in [0.2, 0.25) is 0 Å². The van der Waals surface area contributed by atoms with E-state index in [-0.39, 0.29) is 11.9 Å². The largest absolute Gasteiger partial charge is 0.468 e. The van der Waals surface area contributed by atoms with E-state index in [1.54, 1.807) is 24.5 Å². The van der Waals surface area contributed by atoms with Crippen LogP contribution >= 0.6 is 15.9 Å². The van der Waals surface area contributed by atoms with E-state index in [9.17, 15) is 4.79 Å². The minimum atomic E-state index is -0.204. The summed E-state index contributed by atoms with van der Waals surface area (Å²) in [6, 6.07) is 8.96. The number of carbonyl (C=O) groups excluding carboxylic acids is 1. The van der Waals surface area contributed by atoms with E-state index in [4.69, 9.17) is 4.42 Å². The molecule has 2 heterocycles. The lowest BCUT2D eigenvalue weighted by atomic mass is 10.2. The third-order valence-corrected chi connectivity index (χ3v) is 3.34. The number of hydrogen-bond donors (Lipinski definition) is 1. The van der Waals surface area contributed by atoms with E-state index in [1.807, 2.05) is 31.1 Å². The molecule has 2 aromatic heterocycles. The molecule has 0 aliphatic heterocycles. The average molecular weight is 338 g/mol. The molecule has 1 unspecified atom stereocenters. The van der Waals surface area contributed by atoms with E-state index in [1.165, 1.54) is 0 Å². The minimum absolute atomic E-state index is 0.0129. The van der Waals surface area contributed by atoms with Crippen LogP contribution in [0.25, 0.3) is 0 Å². The van der Waals surface area contributed by atoms with E-state index in [0.717, 1.165) is 5.76 Å². The molecule has 1 N–H and O–H groups in total. The first-order valence-electron chi connectivity index (χ1n) is 6.18. The molecule has 0 fully saturated rings. The van der Waals surface area contributed by atoms with Crippen molar-refractivity contribution < 1.29 is 9.21 Å². The third-order valence-electron chi connectivity index (χ3n) is 2.90. The molecule has 2 aromatic rings. The third kappa shape index (κ3) is 3.68. The molecule has 5 nitrogen and oxygen atoms in total. The zero-order valence-corrected chi connectivity index (χ0v) is 12.9. The van der Waals surface area contributed by atoms with Gasteiger partial charge in [0.25, 0.3) is 5.91 Å². The van der Waals surface area contributed by atoms with Gasteiger partial charge < -0.3 is 9.73 Å². The summed E-state index contributed by atoms with van der Waals surface area (Å²) in [5, 5.41) is 2.87. The van der Waals surface area contributed by atoms with E-state index in [2.05, 4.69) is 26.2 Å². The maximum atomic E-state index is 12.0. The highest BCUT2D eigenvalue weighted by molar-refractivity contribution is 9.10. The van der Waals surface area contributed by atoms with Crippen LogP contribution in [0.1, 0.15) is 22.3 Å². The van der Waals surface area contributed by atoms with Gasteiger partial charge in [0, 0.05) is 6.54 Å². The standard InChI is InChI=1S/C14H16BrN3O2/c1-18(2)11(12-6-4-8-20-12)9-16-14(19)10-5-3-7-13(15)17-10/h3-8,11H,9H2,1-2H3,(H,16,19). The average Bonchev–Trinajstić information content (AvgIpc) is 2.92. The Hall–Kier alpha value is -1.66. The number of nitrogens with zero attached hydrogens (tertiary/aromatic N) is 2. The van der Waals surface area contributed by atoms with Crippen molar-refractivity contribution in [3.8, 4) is 0 Å². The van der Waals surface area contributed by atoms with Crippen LogP contribution < -0.4 is 5.32 Å². The second-order valence-electron chi connectivity index (χ2n) is 4.55. The van der Waals surface area contributed by atoms with E-state index in [0.29, 0.717) is 16.8 Å². The van der Waals surface area contributed by atoms with Crippen molar-refractivity contribution in [1.82, 2.24) is 15.2 Å². The number of rotatable bonds is 5. The predicted molar refractivity (Wildman–Crippen MR) is 79.4 cm³/mol. The maximum absolute atomic E-state index is 12.0. The Morgan fingerprint density at radius 3 is 2.80 bits per heavy atom. The highest BCUT2D eigenvalue weighted by atomic mass is 79.9. The zero-order valence-electron chi connectivity index (χ0n) is 11.3. The molecule has 20 heavy (non-hydrogen) atoms. The Balaban J connectivity index is 2.01. The molecule has 0 saturated carbocycles. The van der Waals surface area contributed by atoms with Gasteiger partial charge in [0.15, 0.2) is 0 Å². The van der Waals surface area contributed by atoms with Crippen molar-refractivity contribution in [2.75, 3.05) is 20.6 Å². The number of hydrogen-bond acceptors (Lipinski definition) is 4. The predicted octanol–water partition coefficient (Wildman–Crippen LogP) is 2.47. The SMILES string of the molecule is CN(C)C(CNC(=O)c1cccc(Br)n1)c1ccco1. The van der Waals surface area contributed by atoms with Crippen molar-refractivity contribution >= 4 is 21.8 Å². The monoisotopic (exact) mass is 337 g/mol. The fourth-order valence-corrected chi connectivity index (χ4v) is 2.18. The summed E-state index contributed by atoms with van der Waals surface area (Å²) >= 11 is 3.25. The van der Waals surface area contributed by atoms with Crippen LogP contribution in [0.15, 0.2) is 45.6 Å². The summed E-state index contributed by atoms with van der Waals surface area (Å²) in [4.78, 5) is 18.2. The molecule has 0 saturated heterocycles. The molecule has 2 rings (SSSR count). The van der Waals surface area contributed by atoms with Gasteiger partial charge in [-0.3, -0.25) is 9.69 Å². The van der Waals surface area contributed by atoms with Crippen molar-refractivity contribution in [3.63, 3.8) is 0 Å². The summed E-state index contributed by atoms with van der Waals surface area (Å²) in [7, 11) is 3.88. The first-order chi connectivity index (χ1) is 9.58. The molecule has 0 aromatic carbocycles. The highest BCUT2D eigenvalue weighted by Crippen LogP contribution is 2.17. The summed E-state index contributed by atoms with van der Waals surface area (Å²) in [5.74, 6) is 0.613. The number of furan rings is 1. The molecule has 6 heteroatoms. The number of amides is 1. The second kappa shape index (κ2) is 6.67. The first kappa shape index (κ1) is 14.7. The maximum Gasteiger partial charge on any atom is 0.269 e. The number of pyridine rings is 1. The van der Waals surface area contributed by atoms with Gasteiger partial charge in [-0.25, -0.2) is 4.98 Å². The Kier molecular flexibility index (Phi) is 4.92. The van der Waals surface area contributed by atoms with Crippen LogP contribution in [0, 0.1) is 0 Å². The lowest BCUT2D eigenvalue weighted by Crippen LogP contribution is -2.34. The lowest BCUT2D eigenvalue weighted by Gasteiger charge is -2.22. The fraction of sp³-hybridized carbons (Fsp3) is 0.286. The Labute approximate surface area is 126 Å². The van der Waals surface area contributed by atoms with E-state index >= 15 is 0 Å². The number of likely N-dealkylation sites (N-methyl/N-ethyl adjacent to an activating group) is 1. The molecule has 0 aliphatic rings. The Morgan fingerprint density at radius 1 is 1.40 bits per heavy atom. The molecule has 1 amide bonds. The number of nitrogens with one attached hydrogen (secondary N) is 1. The van der Waals surface area contributed by atoms with Crippen molar-refractivity contribution in [1.29, 1.82) is 0 Å². The van der Waals surface area contributed by atoms with Gasteiger partial charge >= 0.3 is 0 Å². The summed E-state index contributed by atoms with van der Waals surface area (Å²) < 4.78 is 6.04. The van der Waals surface area contributed by atoms with Crippen molar-refractivity contribution in [2.45, 2.75) is 6.04 Å². The van der Waals surface area contributed by atoms with Crippen LogP contribution in [-0.2, 0) is 0 Å². The molecule has 0 spiro atoms. The normalized spacial score (nSPS) is 12.4. The second-order valence-corrected chi connectivity index (χ2v) is 5.36. The van der Waals surface area contributed by atoms with Gasteiger partial charge in [0.2, 0.25) is 0 Å². The van der Waals surface area contributed by atoms with E-state index < -0.39 is 0 Å².